The van der Waals surface area contributed by atoms with Crippen LogP contribution in [0.4, 0.5) is 11.4 Å². The lowest BCUT2D eigenvalue weighted by Crippen LogP contribution is -2.49. The van der Waals surface area contributed by atoms with Gasteiger partial charge in [-0.05, 0) is 18.2 Å². The highest BCUT2D eigenvalue weighted by Crippen LogP contribution is 2.21. The number of non-ortho nitro benzene ring substituents is 1. The molecule has 0 radical (unpaired) electrons. The number of rotatable bonds is 5. The van der Waals surface area contributed by atoms with E-state index in [2.05, 4.69) is 5.10 Å². The molecule has 0 saturated carbocycles. The molecule has 11 heteroatoms. The molecule has 1 saturated heterocycles. The number of nitrogens with zero attached hydrogens (tertiary/aromatic N) is 5. The van der Waals surface area contributed by atoms with Crippen LogP contribution in [0.3, 0.4) is 0 Å². The van der Waals surface area contributed by atoms with Crippen molar-refractivity contribution in [2.75, 3.05) is 37.7 Å². The Balaban J connectivity index is 1.35. The number of piperazine rings is 1. The van der Waals surface area contributed by atoms with E-state index in [1.807, 2.05) is 4.90 Å². The topological polar surface area (TPSA) is 128 Å². The smallest absolute Gasteiger partial charge is 0.359 e. The van der Waals surface area contributed by atoms with Crippen LogP contribution in [0.2, 0.25) is 0 Å². The molecule has 11 nitrogen and oxygen atoms in total. The highest BCUT2D eigenvalue weighted by molar-refractivity contribution is 6.02. The molecule has 0 atom stereocenters. The minimum Gasteiger partial charge on any atom is -0.451 e. The number of hydrogen-bond donors (Lipinski definition) is 0. The van der Waals surface area contributed by atoms with Gasteiger partial charge in [-0.25, -0.2) is 9.48 Å². The normalized spacial score (nSPS) is 13.7. The number of aromatic nitrogens is 2. The lowest BCUT2D eigenvalue weighted by atomic mass is 10.1. The van der Waals surface area contributed by atoms with E-state index in [0.717, 1.165) is 10.4 Å². The van der Waals surface area contributed by atoms with E-state index >= 15 is 0 Å². The Morgan fingerprint density at radius 1 is 1.03 bits per heavy atom. The average molecular weight is 451 g/mol. The summed E-state index contributed by atoms with van der Waals surface area (Å²) in [5.74, 6) is -1.11. The second-order valence-electron chi connectivity index (χ2n) is 7.54. The Morgan fingerprint density at radius 2 is 1.67 bits per heavy atom. The summed E-state index contributed by atoms with van der Waals surface area (Å²) in [4.78, 5) is 51.3. The van der Waals surface area contributed by atoms with E-state index in [-0.39, 0.29) is 22.8 Å². The maximum Gasteiger partial charge on any atom is 0.359 e. The molecule has 1 aliphatic rings. The summed E-state index contributed by atoms with van der Waals surface area (Å²) in [6.45, 7) is 1.51. The van der Waals surface area contributed by atoms with Crippen molar-refractivity contribution in [3.05, 3.63) is 74.7 Å². The zero-order chi connectivity index (χ0) is 23.5. The number of amides is 1. The summed E-state index contributed by atoms with van der Waals surface area (Å²) in [5, 5.41) is 15.5. The molecule has 1 aliphatic heterocycles. The molecular weight excluding hydrogens is 430 g/mol. The maximum absolute atomic E-state index is 12.6. The third kappa shape index (κ3) is 4.52. The summed E-state index contributed by atoms with van der Waals surface area (Å²) in [6, 6.07) is 12.9. The Bertz CT molecular complexity index is 1280. The van der Waals surface area contributed by atoms with Gasteiger partial charge in [0.1, 0.15) is 0 Å². The van der Waals surface area contributed by atoms with Crippen LogP contribution >= 0.6 is 0 Å². The quantitative estimate of drug-likeness (QED) is 0.323. The molecule has 0 spiro atoms. The van der Waals surface area contributed by atoms with Gasteiger partial charge in [-0.1, -0.05) is 18.2 Å². The molecule has 0 aliphatic carbocycles. The van der Waals surface area contributed by atoms with Gasteiger partial charge in [0.05, 0.1) is 10.3 Å². The van der Waals surface area contributed by atoms with E-state index in [9.17, 15) is 24.5 Å². The van der Waals surface area contributed by atoms with Crippen LogP contribution in [-0.2, 0) is 16.6 Å². The molecule has 170 valence electrons. The Hall–Kier alpha value is -4.28. The highest BCUT2D eigenvalue weighted by atomic mass is 16.6. The zero-order valence-electron chi connectivity index (χ0n) is 17.8. The molecule has 0 N–H and O–H groups in total. The molecule has 4 rings (SSSR count). The van der Waals surface area contributed by atoms with Crippen LogP contribution in [0, 0.1) is 10.1 Å². The van der Waals surface area contributed by atoms with E-state index in [0.29, 0.717) is 37.0 Å². The number of aryl methyl sites for hydroxylation is 1. The van der Waals surface area contributed by atoms with Crippen molar-refractivity contribution >= 4 is 34.0 Å². The van der Waals surface area contributed by atoms with Gasteiger partial charge in [0.15, 0.2) is 12.3 Å². The summed E-state index contributed by atoms with van der Waals surface area (Å²) in [5.41, 5.74) is 0.509. The molecule has 0 unspecified atom stereocenters. The molecule has 2 aromatic carbocycles. The first-order valence-electron chi connectivity index (χ1n) is 10.3. The maximum atomic E-state index is 12.6. The van der Waals surface area contributed by atoms with Crippen molar-refractivity contribution in [2.24, 2.45) is 7.05 Å². The summed E-state index contributed by atoms with van der Waals surface area (Å²) >= 11 is 0. The minimum absolute atomic E-state index is 0.0233. The Morgan fingerprint density at radius 3 is 2.30 bits per heavy atom. The molecule has 2 heterocycles. The SMILES string of the molecule is Cn1nc(C(=O)OCC(=O)N2CCN(c3ccc([N+](=O)[O-])cc3)CC2)c2ccccc2c1=O. The molecule has 1 fully saturated rings. The predicted octanol–water partition coefficient (Wildman–Crippen LogP) is 1.35. The fourth-order valence-electron chi connectivity index (χ4n) is 3.74. The minimum atomic E-state index is -0.778. The highest BCUT2D eigenvalue weighted by Gasteiger charge is 2.24. The van der Waals surface area contributed by atoms with Crippen LogP contribution in [0.1, 0.15) is 10.5 Å². The van der Waals surface area contributed by atoms with Crippen LogP contribution < -0.4 is 10.5 Å². The van der Waals surface area contributed by atoms with Crippen molar-refractivity contribution in [3.63, 3.8) is 0 Å². The number of carbonyl (C=O) groups excluding carboxylic acids is 2. The van der Waals surface area contributed by atoms with E-state index in [4.69, 9.17) is 4.74 Å². The number of benzene rings is 2. The average Bonchev–Trinajstić information content (AvgIpc) is 2.84. The summed E-state index contributed by atoms with van der Waals surface area (Å²) < 4.78 is 6.28. The van der Waals surface area contributed by atoms with E-state index in [1.54, 1.807) is 41.3 Å². The van der Waals surface area contributed by atoms with Crippen molar-refractivity contribution in [3.8, 4) is 0 Å². The lowest BCUT2D eigenvalue weighted by molar-refractivity contribution is -0.384. The molecule has 0 bridgehead atoms. The van der Waals surface area contributed by atoms with Gasteiger partial charge >= 0.3 is 5.97 Å². The fourth-order valence-corrected chi connectivity index (χ4v) is 3.74. The monoisotopic (exact) mass is 451 g/mol. The van der Waals surface area contributed by atoms with Crippen LogP contribution in [-0.4, -0.2) is 64.3 Å². The molecule has 1 aromatic heterocycles. The van der Waals surface area contributed by atoms with Gasteiger partial charge in [0.25, 0.3) is 17.2 Å². The first-order chi connectivity index (χ1) is 15.8. The first-order valence-corrected chi connectivity index (χ1v) is 10.3. The number of nitro groups is 1. The number of esters is 1. The molecular formula is C22H21N5O6. The van der Waals surface area contributed by atoms with Gasteiger partial charge in [-0.3, -0.25) is 19.7 Å². The Labute approximate surface area is 187 Å². The number of fused-ring (bicyclic) bond motifs is 1. The third-order valence-corrected chi connectivity index (χ3v) is 5.53. The van der Waals surface area contributed by atoms with Crippen molar-refractivity contribution in [2.45, 2.75) is 0 Å². The zero-order valence-corrected chi connectivity index (χ0v) is 17.8. The number of nitro benzene ring substituents is 1. The second kappa shape index (κ2) is 9.07. The van der Waals surface area contributed by atoms with Gasteiger partial charge < -0.3 is 14.5 Å². The molecule has 1 amide bonds. The summed E-state index contributed by atoms with van der Waals surface area (Å²) in [7, 11) is 1.45. The number of ether oxygens (including phenoxy) is 1. The van der Waals surface area contributed by atoms with Crippen LogP contribution in [0.15, 0.2) is 53.3 Å². The van der Waals surface area contributed by atoms with Gasteiger partial charge in [0.2, 0.25) is 0 Å². The number of carbonyl (C=O) groups is 2. The Kier molecular flexibility index (Phi) is 6.03. The third-order valence-electron chi connectivity index (χ3n) is 5.53. The summed E-state index contributed by atoms with van der Waals surface area (Å²) in [6.07, 6.45) is 0. The van der Waals surface area contributed by atoms with Gasteiger partial charge in [-0.2, -0.15) is 5.10 Å². The van der Waals surface area contributed by atoms with Crippen molar-refractivity contribution < 1.29 is 19.2 Å². The second-order valence-corrected chi connectivity index (χ2v) is 7.54. The first kappa shape index (κ1) is 21.9. The number of anilines is 1. The van der Waals surface area contributed by atoms with Crippen LogP contribution in [0.5, 0.6) is 0 Å². The molecule has 3 aromatic rings. The standard InChI is InChI=1S/C22H21N5O6/c1-24-21(29)18-5-3-2-4-17(18)20(23-24)22(30)33-14-19(28)26-12-10-25(11-13-26)15-6-8-16(9-7-15)27(31)32/h2-9H,10-14H2,1H3. The van der Waals surface area contributed by atoms with Crippen LogP contribution in [0.25, 0.3) is 10.8 Å². The largest absolute Gasteiger partial charge is 0.451 e. The van der Waals surface area contributed by atoms with Crippen molar-refractivity contribution in [1.82, 2.24) is 14.7 Å². The fraction of sp³-hybridized carbons (Fsp3) is 0.273. The number of hydrogen-bond acceptors (Lipinski definition) is 8. The van der Waals surface area contributed by atoms with Gasteiger partial charge in [-0.15, -0.1) is 0 Å². The van der Waals surface area contributed by atoms with E-state index < -0.39 is 17.5 Å². The molecule has 33 heavy (non-hydrogen) atoms. The van der Waals surface area contributed by atoms with E-state index in [1.165, 1.54) is 19.2 Å². The predicted molar refractivity (Wildman–Crippen MR) is 119 cm³/mol. The van der Waals surface area contributed by atoms with Crippen molar-refractivity contribution in [1.29, 1.82) is 0 Å². The lowest BCUT2D eigenvalue weighted by Gasteiger charge is -2.36. The van der Waals surface area contributed by atoms with Gasteiger partial charge in [0, 0.05) is 56.4 Å².